The molecule has 0 aromatic heterocycles. The van der Waals surface area contributed by atoms with E-state index in [9.17, 15) is 14.4 Å². The van der Waals surface area contributed by atoms with Gasteiger partial charge < -0.3 is 10.1 Å². The Hall–Kier alpha value is -1.39. The molecular formula is C10H15NO4. The molecule has 0 aliphatic carbocycles. The van der Waals surface area contributed by atoms with Gasteiger partial charge in [-0.05, 0) is 20.8 Å². The summed E-state index contributed by atoms with van der Waals surface area (Å²) in [7, 11) is 0. The summed E-state index contributed by atoms with van der Waals surface area (Å²) in [5.74, 6) is -1.21. The molecule has 1 aliphatic heterocycles. The Morgan fingerprint density at radius 3 is 2.53 bits per heavy atom. The van der Waals surface area contributed by atoms with Crippen molar-refractivity contribution < 1.29 is 19.1 Å². The lowest BCUT2D eigenvalue weighted by Gasteiger charge is -2.31. The number of ether oxygens (including phenoxy) is 1. The van der Waals surface area contributed by atoms with Crippen LogP contribution in [0.1, 0.15) is 33.6 Å². The predicted molar refractivity (Wildman–Crippen MR) is 52.0 cm³/mol. The van der Waals surface area contributed by atoms with E-state index in [1.54, 1.807) is 13.8 Å². The number of Topliss-reactive ketones (excluding diaryl/α,β-unsaturated/α-hetero) is 1. The highest BCUT2D eigenvalue weighted by atomic mass is 16.5. The third-order valence-corrected chi connectivity index (χ3v) is 2.12. The Kier molecular flexibility index (Phi) is 3.12. The second-order valence-electron chi connectivity index (χ2n) is 4.23. The minimum Gasteiger partial charge on any atom is -0.461 e. The number of ketones is 1. The first-order valence-corrected chi connectivity index (χ1v) is 4.87. The van der Waals surface area contributed by atoms with Crippen LogP contribution in [0.3, 0.4) is 0 Å². The van der Waals surface area contributed by atoms with Crippen LogP contribution in [0.5, 0.6) is 0 Å². The van der Waals surface area contributed by atoms with Gasteiger partial charge in [0.2, 0.25) is 5.91 Å². The van der Waals surface area contributed by atoms with Crippen molar-refractivity contribution in [3.05, 3.63) is 0 Å². The second kappa shape index (κ2) is 4.00. The van der Waals surface area contributed by atoms with Gasteiger partial charge in [-0.3, -0.25) is 9.59 Å². The average molecular weight is 213 g/mol. The molecule has 0 spiro atoms. The molecule has 1 aliphatic rings. The van der Waals surface area contributed by atoms with Crippen LogP contribution in [-0.4, -0.2) is 29.3 Å². The number of hydrogen-bond acceptors (Lipinski definition) is 4. The summed E-state index contributed by atoms with van der Waals surface area (Å²) >= 11 is 0. The van der Waals surface area contributed by atoms with Gasteiger partial charge in [-0.2, -0.15) is 0 Å². The molecule has 15 heavy (non-hydrogen) atoms. The first kappa shape index (κ1) is 11.7. The van der Waals surface area contributed by atoms with E-state index < -0.39 is 17.4 Å². The van der Waals surface area contributed by atoms with Gasteiger partial charge in [0.25, 0.3) is 0 Å². The van der Waals surface area contributed by atoms with Crippen LogP contribution in [0, 0.1) is 0 Å². The van der Waals surface area contributed by atoms with E-state index in [1.165, 1.54) is 6.92 Å². The number of carbonyl (C=O) groups excluding carboxylic acids is 3. The first-order valence-electron chi connectivity index (χ1n) is 4.87. The molecular weight excluding hydrogens is 198 g/mol. The summed E-state index contributed by atoms with van der Waals surface area (Å²) in [5.41, 5.74) is -1.20. The molecule has 1 N–H and O–H groups in total. The molecule has 0 radical (unpaired) electrons. The molecule has 1 atom stereocenters. The van der Waals surface area contributed by atoms with Gasteiger partial charge in [-0.25, -0.2) is 4.79 Å². The maximum absolute atomic E-state index is 11.6. The predicted octanol–water partition coefficient (Wildman–Crippen LogP) is 0.176. The molecule has 0 saturated carbocycles. The molecule has 0 unspecified atom stereocenters. The van der Waals surface area contributed by atoms with Gasteiger partial charge in [0.1, 0.15) is 11.3 Å². The SMILES string of the molecule is CC(C)OC(=O)[C@]1(C)CC(=O)CC(=O)N1. The standard InChI is InChI=1S/C10H15NO4/c1-6(2)15-9(14)10(3)5-7(12)4-8(13)11-10/h6H,4-5H2,1-3H3,(H,11,13)/t10-/m0/s1. The lowest BCUT2D eigenvalue weighted by atomic mass is 9.90. The van der Waals surface area contributed by atoms with Crippen LogP contribution >= 0.6 is 0 Å². The Morgan fingerprint density at radius 2 is 2.07 bits per heavy atom. The van der Waals surface area contributed by atoms with E-state index in [0.29, 0.717) is 0 Å². The van der Waals surface area contributed by atoms with E-state index in [4.69, 9.17) is 4.74 Å². The fourth-order valence-corrected chi connectivity index (χ4v) is 1.50. The Morgan fingerprint density at radius 1 is 1.47 bits per heavy atom. The highest BCUT2D eigenvalue weighted by Gasteiger charge is 2.42. The zero-order valence-electron chi connectivity index (χ0n) is 9.12. The second-order valence-corrected chi connectivity index (χ2v) is 4.23. The average Bonchev–Trinajstić information content (AvgIpc) is 1.99. The maximum Gasteiger partial charge on any atom is 0.332 e. The van der Waals surface area contributed by atoms with Crippen molar-refractivity contribution in [2.24, 2.45) is 0 Å². The Bertz CT molecular complexity index is 293. The van der Waals surface area contributed by atoms with Crippen molar-refractivity contribution in [2.45, 2.75) is 45.3 Å². The van der Waals surface area contributed by atoms with Crippen molar-refractivity contribution in [3.63, 3.8) is 0 Å². The van der Waals surface area contributed by atoms with Gasteiger partial charge in [0.05, 0.1) is 12.5 Å². The quantitative estimate of drug-likeness (QED) is 0.524. The molecule has 0 bridgehead atoms. The van der Waals surface area contributed by atoms with Gasteiger partial charge >= 0.3 is 5.97 Å². The molecule has 1 rings (SSSR count). The van der Waals surface area contributed by atoms with Crippen LogP contribution in [0.4, 0.5) is 0 Å². The maximum atomic E-state index is 11.6. The molecule has 1 saturated heterocycles. The molecule has 5 heteroatoms. The fourth-order valence-electron chi connectivity index (χ4n) is 1.50. The number of nitrogens with one attached hydrogen (secondary N) is 1. The highest BCUT2D eigenvalue weighted by Crippen LogP contribution is 2.19. The minimum absolute atomic E-state index is 0.00426. The smallest absolute Gasteiger partial charge is 0.332 e. The number of carbonyl (C=O) groups is 3. The minimum atomic E-state index is -1.20. The number of rotatable bonds is 2. The summed E-state index contributed by atoms with van der Waals surface area (Å²) in [6, 6.07) is 0. The Labute approximate surface area is 88.2 Å². The van der Waals surface area contributed by atoms with Crippen LogP contribution < -0.4 is 5.32 Å². The van der Waals surface area contributed by atoms with E-state index in [2.05, 4.69) is 5.32 Å². The van der Waals surface area contributed by atoms with Gasteiger partial charge in [0, 0.05) is 6.42 Å². The molecule has 1 heterocycles. The first-order chi connectivity index (χ1) is 6.83. The van der Waals surface area contributed by atoms with Crippen molar-refractivity contribution in [1.29, 1.82) is 0 Å². The number of amides is 1. The third-order valence-electron chi connectivity index (χ3n) is 2.12. The topological polar surface area (TPSA) is 72.5 Å². The monoisotopic (exact) mass is 213 g/mol. The molecule has 5 nitrogen and oxygen atoms in total. The Balaban J connectivity index is 2.76. The molecule has 1 fully saturated rings. The van der Waals surface area contributed by atoms with Crippen LogP contribution in [0.2, 0.25) is 0 Å². The third kappa shape index (κ3) is 2.78. The van der Waals surface area contributed by atoms with Gasteiger partial charge in [-0.15, -0.1) is 0 Å². The summed E-state index contributed by atoms with van der Waals surface area (Å²) in [6.45, 7) is 4.94. The van der Waals surface area contributed by atoms with Crippen molar-refractivity contribution in [2.75, 3.05) is 0 Å². The zero-order valence-corrected chi connectivity index (χ0v) is 9.12. The van der Waals surface area contributed by atoms with Gasteiger partial charge in [-0.1, -0.05) is 0 Å². The largest absolute Gasteiger partial charge is 0.461 e. The lowest BCUT2D eigenvalue weighted by molar-refractivity contribution is -0.160. The molecule has 1 amide bonds. The van der Waals surface area contributed by atoms with E-state index in [-0.39, 0.29) is 24.7 Å². The lowest BCUT2D eigenvalue weighted by Crippen LogP contribution is -2.58. The summed E-state index contributed by atoms with van der Waals surface area (Å²) < 4.78 is 4.98. The number of esters is 1. The molecule has 0 aromatic carbocycles. The molecule has 84 valence electrons. The summed E-state index contributed by atoms with van der Waals surface area (Å²) in [4.78, 5) is 34.0. The zero-order chi connectivity index (χ0) is 11.6. The number of hydrogen-bond donors (Lipinski definition) is 1. The van der Waals surface area contributed by atoms with E-state index >= 15 is 0 Å². The van der Waals surface area contributed by atoms with Crippen molar-refractivity contribution in [3.8, 4) is 0 Å². The van der Waals surface area contributed by atoms with E-state index in [0.717, 1.165) is 0 Å². The molecule has 0 aromatic rings. The fraction of sp³-hybridized carbons (Fsp3) is 0.700. The van der Waals surface area contributed by atoms with Crippen molar-refractivity contribution in [1.82, 2.24) is 5.32 Å². The van der Waals surface area contributed by atoms with Crippen LogP contribution in [0.15, 0.2) is 0 Å². The van der Waals surface area contributed by atoms with Crippen molar-refractivity contribution >= 4 is 17.7 Å². The summed E-state index contributed by atoms with van der Waals surface area (Å²) in [5, 5.41) is 2.49. The van der Waals surface area contributed by atoms with Gasteiger partial charge in [0.15, 0.2) is 0 Å². The highest BCUT2D eigenvalue weighted by molar-refractivity contribution is 6.06. The normalized spacial score (nSPS) is 26.4. The van der Waals surface area contributed by atoms with E-state index in [1.807, 2.05) is 0 Å². The van der Waals surface area contributed by atoms with Crippen LogP contribution in [0.25, 0.3) is 0 Å². The van der Waals surface area contributed by atoms with Crippen LogP contribution in [-0.2, 0) is 19.1 Å². The number of piperidine rings is 1. The summed E-state index contributed by atoms with van der Waals surface area (Å²) in [6.07, 6.45) is -0.405.